The van der Waals surface area contributed by atoms with Crippen LogP contribution in [0.3, 0.4) is 0 Å². The Morgan fingerprint density at radius 2 is 1.61 bits per heavy atom. The van der Waals surface area contributed by atoms with Gasteiger partial charge in [-0.05, 0) is 77.6 Å². The van der Waals surface area contributed by atoms with Crippen molar-refractivity contribution in [3.8, 4) is 11.1 Å². The largest absolute Gasteiger partial charge is 0.365 e. The number of hydrogen-bond donors (Lipinski definition) is 0. The monoisotopic (exact) mass is 510 g/mol. The van der Waals surface area contributed by atoms with Crippen molar-refractivity contribution in [1.29, 1.82) is 0 Å². The first kappa shape index (κ1) is 25.5. The molecule has 3 aromatic carbocycles. The Kier molecular flexibility index (Phi) is 6.69. The van der Waals surface area contributed by atoms with Crippen molar-refractivity contribution in [1.82, 2.24) is 0 Å². The number of Topliss-reactive ketones (excluding diaryl/α,β-unsaturated/α-hetero) is 1. The second-order valence-electron chi connectivity index (χ2n) is 10.3. The fourth-order valence-corrected chi connectivity index (χ4v) is 5.74. The number of fused-ring (bicyclic) bond motifs is 3. The minimum absolute atomic E-state index is 0.0623. The van der Waals surface area contributed by atoms with Crippen molar-refractivity contribution in [3.63, 3.8) is 0 Å². The van der Waals surface area contributed by atoms with Crippen LogP contribution in [0.2, 0.25) is 0 Å². The Bertz CT molecular complexity index is 1460. The van der Waals surface area contributed by atoms with E-state index in [-0.39, 0.29) is 22.1 Å². The predicted octanol–water partition coefficient (Wildman–Crippen LogP) is 7.12. The topological polar surface area (TPSA) is 98.9 Å². The SMILES string of the molecule is CCC1(CC)c2cc(C(=O)/C(CC3CC3C)=N/OC(=O)c3ccccc3)ccc2-c2ccc([N+](=O)[O-])cc21. The predicted molar refractivity (Wildman–Crippen MR) is 145 cm³/mol. The van der Waals surface area contributed by atoms with E-state index in [0.717, 1.165) is 41.5 Å². The molecule has 7 heteroatoms. The number of rotatable bonds is 9. The summed E-state index contributed by atoms with van der Waals surface area (Å²) in [6.45, 7) is 6.27. The molecule has 2 unspecified atom stereocenters. The van der Waals surface area contributed by atoms with Gasteiger partial charge in [0, 0.05) is 29.5 Å². The molecule has 194 valence electrons. The molecule has 0 bridgehead atoms. The normalized spacial score (nSPS) is 18.9. The number of nitrogens with zero attached hydrogens (tertiary/aromatic N) is 2. The van der Waals surface area contributed by atoms with Crippen molar-refractivity contribution in [2.24, 2.45) is 17.0 Å². The molecule has 5 rings (SSSR count). The van der Waals surface area contributed by atoms with E-state index in [9.17, 15) is 19.7 Å². The molecule has 38 heavy (non-hydrogen) atoms. The molecule has 1 fully saturated rings. The molecule has 3 aromatic rings. The zero-order chi connectivity index (χ0) is 27.0. The summed E-state index contributed by atoms with van der Waals surface area (Å²) < 4.78 is 0. The molecule has 2 atom stereocenters. The molecule has 1 saturated carbocycles. The van der Waals surface area contributed by atoms with Gasteiger partial charge in [0.25, 0.3) is 5.69 Å². The number of hydrogen-bond acceptors (Lipinski definition) is 6. The van der Waals surface area contributed by atoms with Crippen LogP contribution >= 0.6 is 0 Å². The average Bonchev–Trinajstić information content (AvgIpc) is 3.57. The highest BCUT2D eigenvalue weighted by atomic mass is 16.7. The first-order chi connectivity index (χ1) is 18.3. The van der Waals surface area contributed by atoms with E-state index in [0.29, 0.717) is 29.4 Å². The lowest BCUT2D eigenvalue weighted by molar-refractivity contribution is -0.384. The molecule has 0 radical (unpaired) electrons. The van der Waals surface area contributed by atoms with Crippen LogP contribution in [0, 0.1) is 22.0 Å². The van der Waals surface area contributed by atoms with Gasteiger partial charge in [-0.15, -0.1) is 0 Å². The van der Waals surface area contributed by atoms with Crippen LogP contribution < -0.4 is 0 Å². The minimum Gasteiger partial charge on any atom is -0.312 e. The summed E-state index contributed by atoms with van der Waals surface area (Å²) in [7, 11) is 0. The van der Waals surface area contributed by atoms with Gasteiger partial charge in [0.1, 0.15) is 5.71 Å². The highest BCUT2D eigenvalue weighted by molar-refractivity contribution is 6.46. The summed E-state index contributed by atoms with van der Waals surface area (Å²) in [5.41, 5.74) is 4.56. The number of benzene rings is 3. The molecule has 7 nitrogen and oxygen atoms in total. The second kappa shape index (κ2) is 9.97. The van der Waals surface area contributed by atoms with Gasteiger partial charge in [-0.25, -0.2) is 4.79 Å². The van der Waals surface area contributed by atoms with Crippen LogP contribution in [-0.4, -0.2) is 22.4 Å². The Morgan fingerprint density at radius 1 is 0.974 bits per heavy atom. The number of carbonyl (C=O) groups is 2. The molecular weight excluding hydrogens is 480 g/mol. The summed E-state index contributed by atoms with van der Waals surface area (Å²) >= 11 is 0. The smallest absolute Gasteiger partial charge is 0.312 e. The summed E-state index contributed by atoms with van der Waals surface area (Å²) in [6.07, 6.45) is 2.92. The molecule has 0 amide bonds. The van der Waals surface area contributed by atoms with Gasteiger partial charge in [0.05, 0.1) is 10.5 Å². The summed E-state index contributed by atoms with van der Waals surface area (Å²) in [5.74, 6) is -0.0498. The van der Waals surface area contributed by atoms with E-state index < -0.39 is 11.4 Å². The molecule has 0 saturated heterocycles. The maximum atomic E-state index is 13.8. The number of oxime groups is 1. The van der Waals surface area contributed by atoms with Crippen molar-refractivity contribution < 1.29 is 19.3 Å². The quantitative estimate of drug-likeness (QED) is 0.100. The number of ketones is 1. The lowest BCUT2D eigenvalue weighted by Gasteiger charge is -2.29. The van der Waals surface area contributed by atoms with Crippen LogP contribution in [0.25, 0.3) is 11.1 Å². The summed E-state index contributed by atoms with van der Waals surface area (Å²) in [4.78, 5) is 42.6. The standard InChI is InChI=1S/C31H30N2O5/c1-4-31(5-2)26-16-21(11-13-24(26)25-14-12-23(33(36)37)18-27(25)31)29(34)28(17-22-15-19(22)3)32-38-30(35)20-9-7-6-8-10-20/h6-14,16,18-19,22H,4-5,15,17H2,1-3H3/b32-28+. The lowest BCUT2D eigenvalue weighted by Crippen LogP contribution is -2.24. The van der Waals surface area contributed by atoms with Gasteiger partial charge in [0.2, 0.25) is 5.78 Å². The molecular formula is C31H30N2O5. The Labute approximate surface area is 221 Å². The maximum absolute atomic E-state index is 13.8. The van der Waals surface area contributed by atoms with E-state index >= 15 is 0 Å². The average molecular weight is 511 g/mol. The van der Waals surface area contributed by atoms with Crippen molar-refractivity contribution in [3.05, 3.63) is 99.1 Å². The third-order valence-corrected chi connectivity index (χ3v) is 8.27. The Hall–Kier alpha value is -4.13. The van der Waals surface area contributed by atoms with Crippen molar-refractivity contribution in [2.45, 2.75) is 51.9 Å². The minimum atomic E-state index is -0.610. The third kappa shape index (κ3) is 4.42. The lowest BCUT2D eigenvalue weighted by atomic mass is 9.73. The highest BCUT2D eigenvalue weighted by Gasteiger charge is 2.42. The number of non-ortho nitro benzene ring substituents is 1. The van der Waals surface area contributed by atoms with Crippen LogP contribution in [0.5, 0.6) is 0 Å². The first-order valence-corrected chi connectivity index (χ1v) is 13.1. The number of nitro benzene ring substituents is 1. The number of carbonyl (C=O) groups excluding carboxylic acids is 2. The van der Waals surface area contributed by atoms with Crippen LogP contribution in [0.1, 0.15) is 78.3 Å². The molecule has 0 spiro atoms. The zero-order valence-corrected chi connectivity index (χ0v) is 21.8. The summed E-state index contributed by atoms with van der Waals surface area (Å²) in [6, 6.07) is 19.2. The highest BCUT2D eigenvalue weighted by Crippen LogP contribution is 2.53. The van der Waals surface area contributed by atoms with Crippen molar-refractivity contribution in [2.75, 3.05) is 0 Å². The molecule has 2 aliphatic rings. The molecule has 0 N–H and O–H groups in total. The van der Waals surface area contributed by atoms with E-state index in [4.69, 9.17) is 4.84 Å². The third-order valence-electron chi connectivity index (χ3n) is 8.27. The van der Waals surface area contributed by atoms with Gasteiger partial charge in [-0.1, -0.05) is 56.3 Å². The second-order valence-corrected chi connectivity index (χ2v) is 10.3. The fraction of sp³-hybridized carbons (Fsp3) is 0.323. The van der Waals surface area contributed by atoms with Crippen molar-refractivity contribution >= 4 is 23.2 Å². The van der Waals surface area contributed by atoms with E-state index in [1.165, 1.54) is 6.07 Å². The zero-order valence-electron chi connectivity index (χ0n) is 21.8. The van der Waals surface area contributed by atoms with Gasteiger partial charge in [-0.3, -0.25) is 14.9 Å². The van der Waals surface area contributed by atoms with Crippen LogP contribution in [0.15, 0.2) is 71.9 Å². The summed E-state index contributed by atoms with van der Waals surface area (Å²) in [5, 5.41) is 15.6. The Balaban J connectivity index is 1.51. The van der Waals surface area contributed by atoms with Gasteiger partial charge in [-0.2, -0.15) is 0 Å². The van der Waals surface area contributed by atoms with Crippen LogP contribution in [-0.2, 0) is 10.3 Å². The van der Waals surface area contributed by atoms with E-state index in [2.05, 4.69) is 25.9 Å². The van der Waals surface area contributed by atoms with Gasteiger partial charge < -0.3 is 4.84 Å². The van der Waals surface area contributed by atoms with Gasteiger partial charge >= 0.3 is 5.97 Å². The molecule has 0 aliphatic heterocycles. The first-order valence-electron chi connectivity index (χ1n) is 13.1. The molecule has 0 heterocycles. The number of nitro groups is 1. The van der Waals surface area contributed by atoms with E-state index in [1.54, 1.807) is 42.5 Å². The van der Waals surface area contributed by atoms with E-state index in [1.807, 2.05) is 18.2 Å². The maximum Gasteiger partial charge on any atom is 0.365 e. The Morgan fingerprint density at radius 3 is 2.21 bits per heavy atom. The molecule has 0 aromatic heterocycles. The van der Waals surface area contributed by atoms with Crippen LogP contribution in [0.4, 0.5) is 5.69 Å². The van der Waals surface area contributed by atoms with Gasteiger partial charge in [0.15, 0.2) is 0 Å². The fourth-order valence-electron chi connectivity index (χ4n) is 5.74. The molecule has 2 aliphatic carbocycles.